The third kappa shape index (κ3) is 2.85. The van der Waals surface area contributed by atoms with E-state index in [-0.39, 0.29) is 17.5 Å². The summed E-state index contributed by atoms with van der Waals surface area (Å²) in [4.78, 5) is 10.7. The van der Waals surface area contributed by atoms with Crippen LogP contribution in [0.4, 0.5) is 4.39 Å². The Morgan fingerprint density at radius 1 is 1.43 bits per heavy atom. The van der Waals surface area contributed by atoms with Gasteiger partial charge in [0.2, 0.25) is 0 Å². The molecule has 2 aromatic rings. The zero-order valence-corrected chi connectivity index (χ0v) is 11.7. The van der Waals surface area contributed by atoms with Gasteiger partial charge in [-0.2, -0.15) is 0 Å². The average Bonchev–Trinajstić information content (AvgIpc) is 3.17. The Balaban J connectivity index is 2.00. The smallest absolute Gasteiger partial charge is 0.313 e. The molecule has 21 heavy (non-hydrogen) atoms. The summed E-state index contributed by atoms with van der Waals surface area (Å²) in [7, 11) is 0. The largest absolute Gasteiger partial charge is 0.507 e. The Morgan fingerprint density at radius 3 is 2.81 bits per heavy atom. The van der Waals surface area contributed by atoms with Gasteiger partial charge < -0.3 is 10.2 Å². The van der Waals surface area contributed by atoms with Gasteiger partial charge in [-0.15, -0.1) is 10.2 Å². The van der Waals surface area contributed by atoms with E-state index in [0.29, 0.717) is 16.5 Å². The molecule has 1 heterocycles. The Labute approximate surface area is 123 Å². The number of phenols is 1. The van der Waals surface area contributed by atoms with Gasteiger partial charge in [-0.25, -0.2) is 4.39 Å². The van der Waals surface area contributed by atoms with Gasteiger partial charge in [-0.1, -0.05) is 11.8 Å². The summed E-state index contributed by atoms with van der Waals surface area (Å²) in [6, 6.07) is 3.91. The van der Waals surface area contributed by atoms with E-state index in [9.17, 15) is 14.3 Å². The van der Waals surface area contributed by atoms with Crippen LogP contribution < -0.4 is 0 Å². The first kappa shape index (κ1) is 13.9. The molecule has 1 saturated carbocycles. The summed E-state index contributed by atoms with van der Waals surface area (Å²) < 4.78 is 14.9. The van der Waals surface area contributed by atoms with Crippen molar-refractivity contribution >= 4 is 17.7 Å². The number of rotatable bonds is 5. The number of halogens is 1. The molecule has 1 aliphatic carbocycles. The lowest BCUT2D eigenvalue weighted by Gasteiger charge is -2.09. The number of aliphatic carboxylic acids is 1. The molecule has 2 N–H and O–H groups in total. The quantitative estimate of drug-likeness (QED) is 0.824. The summed E-state index contributed by atoms with van der Waals surface area (Å²) >= 11 is 1.08. The molecule has 1 aromatic carbocycles. The summed E-state index contributed by atoms with van der Waals surface area (Å²) in [5, 5.41) is 27.2. The average molecular weight is 309 g/mol. The molecule has 0 spiro atoms. The van der Waals surface area contributed by atoms with Crippen LogP contribution in [0.1, 0.15) is 18.9 Å². The molecule has 0 aliphatic heterocycles. The number of benzene rings is 1. The summed E-state index contributed by atoms with van der Waals surface area (Å²) in [5.74, 6) is -1.35. The summed E-state index contributed by atoms with van der Waals surface area (Å²) in [6.45, 7) is 0. The lowest BCUT2D eigenvalue weighted by molar-refractivity contribution is -0.133. The molecule has 0 unspecified atom stereocenters. The number of carboxylic acid groups (broad SMARTS) is 1. The number of carboxylic acids is 1. The molecule has 0 atom stereocenters. The first-order valence-electron chi connectivity index (χ1n) is 6.34. The molecular formula is C13H12FN3O3S. The minimum Gasteiger partial charge on any atom is -0.507 e. The molecule has 1 aromatic heterocycles. The SMILES string of the molecule is O=C(O)CSc1nnc(-c2ccc(F)cc2O)n1C1CC1. The van der Waals surface area contributed by atoms with Crippen molar-refractivity contribution in [2.45, 2.75) is 24.0 Å². The zero-order chi connectivity index (χ0) is 15.0. The molecule has 0 bridgehead atoms. The van der Waals surface area contributed by atoms with Gasteiger partial charge in [0.25, 0.3) is 0 Å². The Bertz CT molecular complexity index is 700. The van der Waals surface area contributed by atoms with Gasteiger partial charge in [-0.3, -0.25) is 9.36 Å². The van der Waals surface area contributed by atoms with Crippen molar-refractivity contribution in [3.05, 3.63) is 24.0 Å². The maximum atomic E-state index is 13.1. The Morgan fingerprint density at radius 2 is 2.19 bits per heavy atom. The molecule has 6 nitrogen and oxygen atoms in total. The number of hydrogen-bond donors (Lipinski definition) is 2. The lowest BCUT2D eigenvalue weighted by atomic mass is 10.2. The molecule has 0 amide bonds. The van der Waals surface area contributed by atoms with Crippen LogP contribution in [0.3, 0.4) is 0 Å². The first-order chi connectivity index (χ1) is 10.1. The molecule has 3 rings (SSSR count). The normalized spacial score (nSPS) is 14.3. The number of aromatic nitrogens is 3. The second-order valence-corrected chi connectivity index (χ2v) is 5.69. The molecule has 0 saturated heterocycles. The molecule has 1 aliphatic rings. The number of carbonyl (C=O) groups is 1. The van der Waals surface area contributed by atoms with Crippen molar-refractivity contribution in [3.63, 3.8) is 0 Å². The second-order valence-electron chi connectivity index (χ2n) is 4.75. The monoisotopic (exact) mass is 309 g/mol. The number of hydrogen-bond acceptors (Lipinski definition) is 5. The van der Waals surface area contributed by atoms with E-state index in [4.69, 9.17) is 5.11 Å². The van der Waals surface area contributed by atoms with Crippen LogP contribution in [0.5, 0.6) is 5.75 Å². The molecule has 110 valence electrons. The third-order valence-corrected chi connectivity index (χ3v) is 4.03. The van der Waals surface area contributed by atoms with Crippen LogP contribution in [0, 0.1) is 5.82 Å². The van der Waals surface area contributed by atoms with Crippen molar-refractivity contribution in [2.24, 2.45) is 0 Å². The second kappa shape index (κ2) is 5.36. The highest BCUT2D eigenvalue weighted by Crippen LogP contribution is 2.42. The van der Waals surface area contributed by atoms with E-state index in [1.165, 1.54) is 12.1 Å². The molecular weight excluding hydrogens is 297 g/mol. The van der Waals surface area contributed by atoms with Crippen molar-refractivity contribution in [3.8, 4) is 17.1 Å². The molecule has 0 radical (unpaired) electrons. The van der Waals surface area contributed by atoms with Crippen LogP contribution in [0.25, 0.3) is 11.4 Å². The van der Waals surface area contributed by atoms with Crippen LogP contribution in [0.2, 0.25) is 0 Å². The Kier molecular flexibility index (Phi) is 3.54. The highest BCUT2D eigenvalue weighted by atomic mass is 32.2. The van der Waals surface area contributed by atoms with E-state index in [1.54, 1.807) is 0 Å². The fourth-order valence-electron chi connectivity index (χ4n) is 2.04. The number of nitrogens with zero attached hydrogens (tertiary/aromatic N) is 3. The topological polar surface area (TPSA) is 88.2 Å². The number of aromatic hydroxyl groups is 1. The first-order valence-corrected chi connectivity index (χ1v) is 7.33. The van der Waals surface area contributed by atoms with E-state index in [0.717, 1.165) is 30.7 Å². The fourth-order valence-corrected chi connectivity index (χ4v) is 2.77. The zero-order valence-electron chi connectivity index (χ0n) is 10.9. The van der Waals surface area contributed by atoms with Crippen molar-refractivity contribution in [1.82, 2.24) is 14.8 Å². The van der Waals surface area contributed by atoms with E-state index in [2.05, 4.69) is 10.2 Å². The van der Waals surface area contributed by atoms with Gasteiger partial charge in [0.1, 0.15) is 11.6 Å². The van der Waals surface area contributed by atoms with Crippen molar-refractivity contribution in [2.75, 3.05) is 5.75 Å². The van der Waals surface area contributed by atoms with Gasteiger partial charge in [0.15, 0.2) is 11.0 Å². The molecule has 8 heteroatoms. The molecule has 1 fully saturated rings. The lowest BCUT2D eigenvalue weighted by Crippen LogP contribution is -2.03. The van der Waals surface area contributed by atoms with Crippen LogP contribution in [-0.4, -0.2) is 36.7 Å². The van der Waals surface area contributed by atoms with Crippen LogP contribution in [-0.2, 0) is 4.79 Å². The van der Waals surface area contributed by atoms with Crippen LogP contribution in [0.15, 0.2) is 23.4 Å². The third-order valence-electron chi connectivity index (χ3n) is 3.10. The van der Waals surface area contributed by atoms with E-state index >= 15 is 0 Å². The van der Waals surface area contributed by atoms with Gasteiger partial charge in [-0.05, 0) is 25.0 Å². The standard InChI is InChI=1S/C13H12FN3O3S/c14-7-1-4-9(10(18)5-7)12-15-16-13(21-6-11(19)20)17(12)8-2-3-8/h1,4-5,8,18H,2-3,6H2,(H,19,20). The predicted molar refractivity (Wildman–Crippen MR) is 73.7 cm³/mol. The van der Waals surface area contributed by atoms with Crippen molar-refractivity contribution in [1.29, 1.82) is 0 Å². The van der Waals surface area contributed by atoms with Crippen molar-refractivity contribution < 1.29 is 19.4 Å². The van der Waals surface area contributed by atoms with E-state index < -0.39 is 11.8 Å². The summed E-state index contributed by atoms with van der Waals surface area (Å²) in [5.41, 5.74) is 0.387. The predicted octanol–water partition coefficient (Wildman–Crippen LogP) is 2.30. The minimum absolute atomic E-state index is 0.111. The highest BCUT2D eigenvalue weighted by Gasteiger charge is 2.31. The van der Waals surface area contributed by atoms with E-state index in [1.807, 2.05) is 4.57 Å². The highest BCUT2D eigenvalue weighted by molar-refractivity contribution is 7.99. The fraction of sp³-hybridized carbons (Fsp3) is 0.308. The minimum atomic E-state index is -0.934. The summed E-state index contributed by atoms with van der Waals surface area (Å²) in [6.07, 6.45) is 1.90. The maximum absolute atomic E-state index is 13.1. The number of thioether (sulfide) groups is 1. The maximum Gasteiger partial charge on any atom is 0.313 e. The van der Waals surface area contributed by atoms with Gasteiger partial charge in [0.05, 0.1) is 11.3 Å². The Hall–Kier alpha value is -2.09. The number of phenolic OH excluding ortho intramolecular Hbond substituents is 1. The van der Waals surface area contributed by atoms with Gasteiger partial charge >= 0.3 is 5.97 Å². The van der Waals surface area contributed by atoms with Crippen LogP contribution >= 0.6 is 11.8 Å². The van der Waals surface area contributed by atoms with Gasteiger partial charge in [0, 0.05) is 12.1 Å².